The molecule has 4 atom stereocenters. The van der Waals surface area contributed by atoms with Gasteiger partial charge in [0.2, 0.25) is 23.6 Å². The van der Waals surface area contributed by atoms with E-state index in [0.29, 0.717) is 17.7 Å². The molecule has 34 heavy (non-hydrogen) atoms. The predicted octanol–water partition coefficient (Wildman–Crippen LogP) is -1.55. The van der Waals surface area contributed by atoms with E-state index in [0.717, 1.165) is 0 Å². The summed E-state index contributed by atoms with van der Waals surface area (Å²) in [6.07, 6.45) is 1.64. The number of amides is 4. The number of benzene rings is 1. The number of carboxylic acid groups (broad SMARTS) is 1. The number of carbonyl (C=O) groups is 5. The van der Waals surface area contributed by atoms with Crippen LogP contribution in [0.25, 0.3) is 0 Å². The molecular formula is C21H31N5O7S. The number of phenols is 1. The number of aliphatic carboxylic acids is 1. The largest absolute Gasteiger partial charge is 0.508 e. The minimum absolute atomic E-state index is 0.0104. The van der Waals surface area contributed by atoms with Crippen LogP contribution < -0.4 is 27.4 Å². The van der Waals surface area contributed by atoms with E-state index in [4.69, 9.17) is 16.6 Å². The highest BCUT2D eigenvalue weighted by Crippen LogP contribution is 2.12. The molecule has 0 spiro atoms. The van der Waals surface area contributed by atoms with Crippen LogP contribution in [-0.4, -0.2) is 76.0 Å². The van der Waals surface area contributed by atoms with Gasteiger partial charge >= 0.3 is 5.97 Å². The van der Waals surface area contributed by atoms with Crippen molar-refractivity contribution in [2.45, 2.75) is 50.4 Å². The number of phenolic OH excluding ortho intramolecular Hbond substituents is 1. The number of carboxylic acids is 1. The Morgan fingerprint density at radius 2 is 1.53 bits per heavy atom. The molecule has 9 N–H and O–H groups in total. The molecule has 4 amide bonds. The predicted molar refractivity (Wildman–Crippen MR) is 126 cm³/mol. The van der Waals surface area contributed by atoms with Gasteiger partial charge < -0.3 is 37.6 Å². The highest BCUT2D eigenvalue weighted by Gasteiger charge is 2.30. The topological polar surface area (TPSA) is 214 Å². The summed E-state index contributed by atoms with van der Waals surface area (Å²) in [5.41, 5.74) is 11.7. The fourth-order valence-corrected chi connectivity index (χ4v) is 3.28. The maximum Gasteiger partial charge on any atom is 0.325 e. The Labute approximate surface area is 201 Å². The Kier molecular flexibility index (Phi) is 11.9. The highest BCUT2D eigenvalue weighted by molar-refractivity contribution is 7.98. The molecule has 1 aromatic rings. The quantitative estimate of drug-likeness (QED) is 0.158. The van der Waals surface area contributed by atoms with E-state index in [1.54, 1.807) is 12.1 Å². The molecule has 1 aromatic carbocycles. The van der Waals surface area contributed by atoms with Crippen molar-refractivity contribution in [2.24, 2.45) is 11.5 Å². The van der Waals surface area contributed by atoms with Crippen molar-refractivity contribution in [3.05, 3.63) is 29.8 Å². The van der Waals surface area contributed by atoms with Crippen LogP contribution in [0.5, 0.6) is 5.75 Å². The van der Waals surface area contributed by atoms with Crippen molar-refractivity contribution < 1.29 is 34.2 Å². The van der Waals surface area contributed by atoms with Gasteiger partial charge in [-0.3, -0.25) is 24.0 Å². The summed E-state index contributed by atoms with van der Waals surface area (Å²) in [6.45, 7) is 1.22. The normalized spacial score (nSPS) is 14.2. The smallest absolute Gasteiger partial charge is 0.325 e. The molecule has 0 aliphatic rings. The zero-order valence-corrected chi connectivity index (χ0v) is 19.8. The van der Waals surface area contributed by atoms with Gasteiger partial charge in [-0.2, -0.15) is 11.8 Å². The van der Waals surface area contributed by atoms with Gasteiger partial charge in [0.05, 0.1) is 12.5 Å². The van der Waals surface area contributed by atoms with Crippen molar-refractivity contribution in [3.8, 4) is 5.75 Å². The molecule has 0 heterocycles. The van der Waals surface area contributed by atoms with Gasteiger partial charge in [-0.05, 0) is 43.0 Å². The number of rotatable bonds is 14. The van der Waals surface area contributed by atoms with Gasteiger partial charge in [0.1, 0.15) is 23.9 Å². The first kappa shape index (κ1) is 28.7. The highest BCUT2D eigenvalue weighted by atomic mass is 32.2. The third-order valence-electron chi connectivity index (χ3n) is 4.75. The van der Waals surface area contributed by atoms with Gasteiger partial charge in [-0.1, -0.05) is 12.1 Å². The first-order valence-corrected chi connectivity index (χ1v) is 11.8. The van der Waals surface area contributed by atoms with E-state index < -0.39 is 60.2 Å². The van der Waals surface area contributed by atoms with Crippen LogP contribution >= 0.6 is 11.8 Å². The first-order chi connectivity index (χ1) is 15.9. The van der Waals surface area contributed by atoms with Gasteiger partial charge in [-0.15, -0.1) is 0 Å². The van der Waals surface area contributed by atoms with E-state index in [2.05, 4.69) is 16.0 Å². The van der Waals surface area contributed by atoms with Crippen LogP contribution in [-0.2, 0) is 30.4 Å². The molecule has 0 bridgehead atoms. The average Bonchev–Trinajstić information content (AvgIpc) is 2.77. The van der Waals surface area contributed by atoms with Crippen molar-refractivity contribution in [2.75, 3.05) is 12.0 Å². The molecule has 0 aromatic heterocycles. The van der Waals surface area contributed by atoms with E-state index in [9.17, 15) is 29.1 Å². The number of carbonyl (C=O) groups excluding carboxylic acids is 4. The van der Waals surface area contributed by atoms with Crippen molar-refractivity contribution >= 4 is 41.4 Å². The second kappa shape index (κ2) is 14.1. The third kappa shape index (κ3) is 10.1. The summed E-state index contributed by atoms with van der Waals surface area (Å²) < 4.78 is 0. The van der Waals surface area contributed by atoms with Crippen molar-refractivity contribution in [1.29, 1.82) is 0 Å². The number of nitrogens with one attached hydrogen (secondary N) is 3. The lowest BCUT2D eigenvalue weighted by atomic mass is 10.0. The van der Waals surface area contributed by atoms with Crippen LogP contribution in [0.1, 0.15) is 25.3 Å². The van der Waals surface area contributed by atoms with Crippen LogP contribution in [0.2, 0.25) is 0 Å². The lowest BCUT2D eigenvalue weighted by Gasteiger charge is -2.24. The number of aromatic hydroxyl groups is 1. The summed E-state index contributed by atoms with van der Waals surface area (Å²) in [5, 5.41) is 25.5. The Balaban J connectivity index is 3.07. The molecule has 0 aliphatic heterocycles. The standard InChI is InChI=1S/C21H31N5O7S/c1-11(21(32)33)24-19(30)16(10-17(23)28)26-20(31)15(9-12-3-5-13(27)6-4-12)25-18(29)14(22)7-8-34-2/h3-6,11,14-16,27H,7-10,22H2,1-2H3,(H2,23,28)(H,24,30)(H,25,29)(H,26,31)(H,32,33). The minimum atomic E-state index is -1.46. The van der Waals surface area contributed by atoms with Gasteiger partial charge in [0, 0.05) is 6.42 Å². The maximum absolute atomic E-state index is 13.0. The summed E-state index contributed by atoms with van der Waals surface area (Å²) >= 11 is 1.51. The fourth-order valence-electron chi connectivity index (χ4n) is 2.79. The number of primary amides is 1. The Morgan fingerprint density at radius 1 is 0.971 bits per heavy atom. The average molecular weight is 498 g/mol. The van der Waals surface area contributed by atoms with Crippen LogP contribution in [0.3, 0.4) is 0 Å². The van der Waals surface area contributed by atoms with Crippen molar-refractivity contribution in [1.82, 2.24) is 16.0 Å². The molecule has 0 radical (unpaired) electrons. The maximum atomic E-state index is 13.0. The second-order valence-corrected chi connectivity index (χ2v) is 8.61. The summed E-state index contributed by atoms with van der Waals surface area (Å²) in [7, 11) is 0. The molecular weight excluding hydrogens is 466 g/mol. The van der Waals surface area contributed by atoms with Gasteiger partial charge in [0.15, 0.2) is 0 Å². The summed E-state index contributed by atoms with van der Waals surface area (Å²) in [5.74, 6) is -3.87. The van der Waals surface area contributed by atoms with E-state index in [1.807, 2.05) is 6.26 Å². The Morgan fingerprint density at radius 3 is 2.06 bits per heavy atom. The molecule has 12 nitrogen and oxygen atoms in total. The molecule has 1 rings (SSSR count). The Hall–Kier alpha value is -3.32. The molecule has 188 valence electrons. The fraction of sp³-hybridized carbons (Fsp3) is 0.476. The van der Waals surface area contributed by atoms with E-state index in [1.165, 1.54) is 30.8 Å². The van der Waals surface area contributed by atoms with Gasteiger partial charge in [-0.25, -0.2) is 0 Å². The van der Waals surface area contributed by atoms with Crippen LogP contribution in [0.15, 0.2) is 24.3 Å². The second-order valence-electron chi connectivity index (χ2n) is 7.62. The molecule has 4 unspecified atom stereocenters. The molecule has 13 heteroatoms. The number of hydrogen-bond acceptors (Lipinski definition) is 8. The van der Waals surface area contributed by atoms with Crippen molar-refractivity contribution in [3.63, 3.8) is 0 Å². The Bertz CT molecular complexity index is 881. The van der Waals surface area contributed by atoms with E-state index in [-0.39, 0.29) is 12.2 Å². The molecule has 0 fully saturated rings. The molecule has 0 aliphatic carbocycles. The summed E-state index contributed by atoms with van der Waals surface area (Å²) in [4.78, 5) is 60.5. The van der Waals surface area contributed by atoms with Gasteiger partial charge in [0.25, 0.3) is 0 Å². The van der Waals surface area contributed by atoms with Crippen LogP contribution in [0.4, 0.5) is 0 Å². The monoisotopic (exact) mass is 497 g/mol. The van der Waals surface area contributed by atoms with E-state index >= 15 is 0 Å². The lowest BCUT2D eigenvalue weighted by Crippen LogP contribution is -2.58. The SMILES string of the molecule is CSCCC(N)C(=O)NC(Cc1ccc(O)cc1)C(=O)NC(CC(N)=O)C(=O)NC(C)C(=O)O. The summed E-state index contributed by atoms with van der Waals surface area (Å²) in [6, 6.07) is 1.13. The lowest BCUT2D eigenvalue weighted by molar-refractivity contribution is -0.142. The zero-order chi connectivity index (χ0) is 25.8. The first-order valence-electron chi connectivity index (χ1n) is 10.4. The number of thioether (sulfide) groups is 1. The third-order valence-corrected chi connectivity index (χ3v) is 5.39. The van der Waals surface area contributed by atoms with Crippen LogP contribution in [0, 0.1) is 0 Å². The number of nitrogens with two attached hydrogens (primary N) is 2. The number of hydrogen-bond donors (Lipinski definition) is 7. The molecule has 0 saturated carbocycles. The molecule has 0 saturated heterocycles. The zero-order valence-electron chi connectivity index (χ0n) is 18.9. The minimum Gasteiger partial charge on any atom is -0.508 e.